The van der Waals surface area contributed by atoms with Gasteiger partial charge in [-0.05, 0) is 56.0 Å². The second-order valence-corrected chi connectivity index (χ2v) is 8.53. The number of likely N-dealkylation sites (N-methyl/N-ethyl adjacent to an activating group) is 1. The minimum Gasteiger partial charge on any atom is -0.340 e. The van der Waals surface area contributed by atoms with Crippen molar-refractivity contribution in [2.45, 2.75) is 50.7 Å². The molecule has 2 aliphatic heterocycles. The van der Waals surface area contributed by atoms with Gasteiger partial charge in [-0.25, -0.2) is 4.98 Å². The van der Waals surface area contributed by atoms with Gasteiger partial charge in [0.05, 0.1) is 11.7 Å². The zero-order valence-electron chi connectivity index (χ0n) is 16.5. The summed E-state index contributed by atoms with van der Waals surface area (Å²) in [5, 5.41) is 0.679. The Balaban J connectivity index is 1.57. The first-order chi connectivity index (χ1) is 14.0. The second kappa shape index (κ2) is 6.73. The summed E-state index contributed by atoms with van der Waals surface area (Å²) < 4.78 is 0. The van der Waals surface area contributed by atoms with E-state index in [0.717, 1.165) is 36.3 Å². The Kier molecular flexibility index (Phi) is 4.28. The average molecular weight is 411 g/mol. The Morgan fingerprint density at radius 2 is 1.76 bits per heavy atom. The van der Waals surface area contributed by atoms with Gasteiger partial charge < -0.3 is 9.80 Å². The van der Waals surface area contributed by atoms with Crippen molar-refractivity contribution in [3.05, 3.63) is 47.0 Å². The summed E-state index contributed by atoms with van der Waals surface area (Å²) in [6.45, 7) is 1.94. The molecule has 1 saturated carbocycles. The van der Waals surface area contributed by atoms with Crippen LogP contribution in [0.25, 0.3) is 0 Å². The number of carbonyl (C=O) groups is 2. The number of pyridine rings is 1. The molecule has 1 aromatic carbocycles. The predicted molar refractivity (Wildman–Crippen MR) is 114 cm³/mol. The van der Waals surface area contributed by atoms with Crippen molar-refractivity contribution in [3.63, 3.8) is 0 Å². The molecule has 29 heavy (non-hydrogen) atoms. The van der Waals surface area contributed by atoms with Crippen LogP contribution in [-0.2, 0) is 9.59 Å². The second-order valence-electron chi connectivity index (χ2n) is 8.09. The lowest BCUT2D eigenvalue weighted by atomic mass is 10.0. The maximum Gasteiger partial charge on any atom is 0.249 e. The number of benzene rings is 1. The van der Waals surface area contributed by atoms with E-state index in [2.05, 4.69) is 4.90 Å². The largest absolute Gasteiger partial charge is 0.340 e. The molecule has 150 valence electrons. The van der Waals surface area contributed by atoms with E-state index < -0.39 is 0 Å². The predicted octanol–water partition coefficient (Wildman–Crippen LogP) is 3.94. The van der Waals surface area contributed by atoms with E-state index in [0.29, 0.717) is 23.3 Å². The first-order valence-electron chi connectivity index (χ1n) is 10.1. The molecule has 1 aromatic heterocycles. The Morgan fingerprint density at radius 3 is 2.45 bits per heavy atom. The van der Waals surface area contributed by atoms with Crippen molar-refractivity contribution in [3.8, 4) is 0 Å². The van der Waals surface area contributed by atoms with Crippen molar-refractivity contribution >= 4 is 40.7 Å². The fraction of sp³-hybridized carbons (Fsp3) is 0.409. The molecule has 0 spiro atoms. The number of anilines is 3. The molecule has 6 nitrogen and oxygen atoms in total. The van der Waals surface area contributed by atoms with Gasteiger partial charge in [-0.2, -0.15) is 0 Å². The summed E-state index contributed by atoms with van der Waals surface area (Å²) in [5.74, 6) is 1.60. The summed E-state index contributed by atoms with van der Waals surface area (Å²) in [6, 6.07) is 11.5. The number of hydrogen-bond donors (Lipinski definition) is 0. The Bertz CT molecular complexity index is 989. The lowest BCUT2D eigenvalue weighted by Crippen LogP contribution is -2.52. The SMILES string of the molecule is CC1C(=O)N(C)c2ccc(N3C(=O)CCC3c3ccc(Cl)cc3)nc2N1C1CC1. The standard InChI is InChI=1S/C22H23ClN4O2/c1-13-22(29)25(2)18-9-11-19(24-21(18)26(13)16-7-8-16)27-17(10-12-20(27)28)14-3-5-15(23)6-4-14/h3-6,9,11,13,16-17H,7-8,10,12H2,1-2H3. The minimum atomic E-state index is -0.246. The van der Waals surface area contributed by atoms with Crippen molar-refractivity contribution in [1.82, 2.24) is 4.98 Å². The van der Waals surface area contributed by atoms with Crippen LogP contribution in [0.3, 0.4) is 0 Å². The number of amides is 2. The van der Waals surface area contributed by atoms with Crippen LogP contribution in [0.4, 0.5) is 17.3 Å². The zero-order chi connectivity index (χ0) is 20.3. The van der Waals surface area contributed by atoms with E-state index in [4.69, 9.17) is 16.6 Å². The number of nitrogens with zero attached hydrogens (tertiary/aromatic N) is 4. The van der Waals surface area contributed by atoms with Gasteiger partial charge in [-0.1, -0.05) is 23.7 Å². The first-order valence-corrected chi connectivity index (χ1v) is 10.5. The van der Waals surface area contributed by atoms with E-state index in [1.165, 1.54) is 0 Å². The maximum absolute atomic E-state index is 12.8. The molecule has 5 rings (SSSR count). The molecule has 2 aromatic rings. The van der Waals surface area contributed by atoms with Gasteiger partial charge in [0.25, 0.3) is 0 Å². The Hall–Kier alpha value is -2.60. The van der Waals surface area contributed by atoms with Crippen molar-refractivity contribution < 1.29 is 9.59 Å². The molecule has 2 unspecified atom stereocenters. The van der Waals surface area contributed by atoms with Crippen LogP contribution in [0.5, 0.6) is 0 Å². The molecule has 1 saturated heterocycles. The molecular weight excluding hydrogens is 388 g/mol. The smallest absolute Gasteiger partial charge is 0.249 e. The van der Waals surface area contributed by atoms with Crippen LogP contribution in [-0.4, -0.2) is 35.9 Å². The topological polar surface area (TPSA) is 56.8 Å². The van der Waals surface area contributed by atoms with Crippen molar-refractivity contribution in [2.75, 3.05) is 21.7 Å². The fourth-order valence-corrected chi connectivity index (χ4v) is 4.66. The molecule has 0 N–H and O–H groups in total. The molecule has 2 fully saturated rings. The van der Waals surface area contributed by atoms with Gasteiger partial charge in [0, 0.05) is 24.5 Å². The third-order valence-electron chi connectivity index (χ3n) is 6.20. The molecular formula is C22H23ClN4O2. The summed E-state index contributed by atoms with van der Waals surface area (Å²) in [6.07, 6.45) is 3.39. The van der Waals surface area contributed by atoms with Crippen molar-refractivity contribution in [1.29, 1.82) is 0 Å². The number of carbonyl (C=O) groups excluding carboxylic acids is 2. The van der Waals surface area contributed by atoms with Crippen LogP contribution in [0, 0.1) is 0 Å². The first kappa shape index (κ1) is 18.4. The third kappa shape index (κ3) is 2.97. The normalized spacial score (nSPS) is 24.3. The van der Waals surface area contributed by atoms with E-state index in [-0.39, 0.29) is 23.9 Å². The lowest BCUT2D eigenvalue weighted by Gasteiger charge is -2.40. The van der Waals surface area contributed by atoms with E-state index in [1.54, 1.807) is 16.8 Å². The number of aromatic nitrogens is 1. The molecule has 3 aliphatic rings. The monoisotopic (exact) mass is 410 g/mol. The van der Waals surface area contributed by atoms with Gasteiger partial charge in [-0.15, -0.1) is 0 Å². The average Bonchev–Trinajstić information content (AvgIpc) is 3.48. The molecule has 2 atom stereocenters. The highest BCUT2D eigenvalue weighted by Crippen LogP contribution is 2.44. The fourth-order valence-electron chi connectivity index (χ4n) is 4.53. The van der Waals surface area contributed by atoms with E-state index >= 15 is 0 Å². The Labute approximate surface area is 175 Å². The zero-order valence-corrected chi connectivity index (χ0v) is 17.3. The highest BCUT2D eigenvalue weighted by atomic mass is 35.5. The third-order valence-corrected chi connectivity index (χ3v) is 6.46. The van der Waals surface area contributed by atoms with Gasteiger partial charge in [0.2, 0.25) is 11.8 Å². The molecule has 1 aliphatic carbocycles. The maximum atomic E-state index is 12.8. The number of halogens is 1. The van der Waals surface area contributed by atoms with E-state index in [9.17, 15) is 9.59 Å². The van der Waals surface area contributed by atoms with Crippen LogP contribution >= 0.6 is 11.6 Å². The van der Waals surface area contributed by atoms with Crippen LogP contribution in [0.2, 0.25) is 5.02 Å². The van der Waals surface area contributed by atoms with Gasteiger partial charge in [-0.3, -0.25) is 14.5 Å². The Morgan fingerprint density at radius 1 is 1.03 bits per heavy atom. The van der Waals surface area contributed by atoms with Crippen LogP contribution in [0.1, 0.15) is 44.2 Å². The molecule has 2 amide bonds. The number of rotatable bonds is 3. The van der Waals surface area contributed by atoms with E-state index in [1.807, 2.05) is 43.3 Å². The highest BCUT2D eigenvalue weighted by Gasteiger charge is 2.43. The summed E-state index contributed by atoms with van der Waals surface area (Å²) in [7, 11) is 1.79. The highest BCUT2D eigenvalue weighted by molar-refractivity contribution is 6.30. The van der Waals surface area contributed by atoms with Crippen LogP contribution < -0.4 is 14.7 Å². The summed E-state index contributed by atoms with van der Waals surface area (Å²) in [4.78, 5) is 36.0. The molecule has 7 heteroatoms. The van der Waals surface area contributed by atoms with Gasteiger partial charge >= 0.3 is 0 Å². The van der Waals surface area contributed by atoms with Gasteiger partial charge in [0.15, 0.2) is 5.82 Å². The molecule has 0 radical (unpaired) electrons. The van der Waals surface area contributed by atoms with Crippen molar-refractivity contribution in [2.24, 2.45) is 0 Å². The van der Waals surface area contributed by atoms with Gasteiger partial charge in [0.1, 0.15) is 11.9 Å². The summed E-state index contributed by atoms with van der Waals surface area (Å²) >= 11 is 6.04. The van der Waals surface area contributed by atoms with Crippen LogP contribution in [0.15, 0.2) is 36.4 Å². The molecule has 0 bridgehead atoms. The minimum absolute atomic E-state index is 0.0555. The quantitative estimate of drug-likeness (QED) is 0.769. The summed E-state index contributed by atoms with van der Waals surface area (Å²) in [5.41, 5.74) is 1.86. The number of fused-ring (bicyclic) bond motifs is 1. The lowest BCUT2D eigenvalue weighted by molar-refractivity contribution is -0.119. The number of hydrogen-bond acceptors (Lipinski definition) is 4. The molecule has 3 heterocycles.